The van der Waals surface area contributed by atoms with Crippen LogP contribution in [0.15, 0.2) is 42.5 Å². The second-order valence-corrected chi connectivity index (χ2v) is 7.14. The Morgan fingerprint density at radius 1 is 1.29 bits per heavy atom. The maximum absolute atomic E-state index is 13.1. The normalized spacial score (nSPS) is 15.8. The van der Waals surface area contributed by atoms with Crippen molar-refractivity contribution in [3.8, 4) is 22.8 Å². The highest BCUT2D eigenvalue weighted by molar-refractivity contribution is 6.31. The van der Waals surface area contributed by atoms with Gasteiger partial charge in [-0.25, -0.2) is 0 Å². The number of nitrogens with one attached hydrogen (secondary N) is 1. The van der Waals surface area contributed by atoms with Gasteiger partial charge in [0.1, 0.15) is 22.9 Å². The summed E-state index contributed by atoms with van der Waals surface area (Å²) in [6.07, 6.45) is 0.821. The Morgan fingerprint density at radius 2 is 2.11 bits per heavy atom. The minimum Gasteiger partial charge on any atom is -0.507 e. The summed E-state index contributed by atoms with van der Waals surface area (Å²) in [6, 6.07) is 12.1. The SMILES string of the molecule is CCCN1C(=O)c2[nH]nc(-c3cc(Cl)ccc3O)c2C1c1cccc(OC)c1. The van der Waals surface area contributed by atoms with Gasteiger partial charge in [-0.3, -0.25) is 9.89 Å². The molecule has 144 valence electrons. The summed E-state index contributed by atoms with van der Waals surface area (Å²) in [5.74, 6) is 0.667. The fourth-order valence-corrected chi connectivity index (χ4v) is 3.90. The lowest BCUT2D eigenvalue weighted by Crippen LogP contribution is -2.30. The van der Waals surface area contributed by atoms with Gasteiger partial charge in [-0.2, -0.15) is 5.10 Å². The molecule has 1 atom stereocenters. The molecule has 3 aromatic rings. The van der Waals surface area contributed by atoms with Crippen molar-refractivity contribution in [1.29, 1.82) is 0 Å². The van der Waals surface area contributed by atoms with Crippen LogP contribution in [0.25, 0.3) is 11.3 Å². The average molecular weight is 398 g/mol. The predicted octanol–water partition coefficient (Wildman–Crippen LogP) is 4.40. The lowest BCUT2D eigenvalue weighted by Gasteiger charge is -2.26. The molecule has 0 aliphatic carbocycles. The lowest BCUT2D eigenvalue weighted by atomic mass is 9.95. The molecule has 0 saturated carbocycles. The van der Waals surface area contributed by atoms with Crippen LogP contribution in [0.4, 0.5) is 0 Å². The van der Waals surface area contributed by atoms with Gasteiger partial charge in [0.15, 0.2) is 0 Å². The molecule has 1 aliphatic heterocycles. The van der Waals surface area contributed by atoms with Crippen molar-refractivity contribution in [2.45, 2.75) is 19.4 Å². The van der Waals surface area contributed by atoms with Gasteiger partial charge < -0.3 is 14.7 Å². The van der Waals surface area contributed by atoms with Crippen molar-refractivity contribution in [1.82, 2.24) is 15.1 Å². The second kappa shape index (κ2) is 7.20. The zero-order chi connectivity index (χ0) is 19.8. The molecule has 0 saturated heterocycles. The molecule has 0 spiro atoms. The molecule has 28 heavy (non-hydrogen) atoms. The van der Waals surface area contributed by atoms with E-state index in [-0.39, 0.29) is 17.7 Å². The number of aromatic hydroxyl groups is 1. The van der Waals surface area contributed by atoms with Crippen LogP contribution in [-0.4, -0.2) is 39.8 Å². The Labute approximate surface area is 167 Å². The number of methoxy groups -OCH3 is 1. The minimum absolute atomic E-state index is 0.0597. The highest BCUT2D eigenvalue weighted by Gasteiger charge is 2.42. The first kappa shape index (κ1) is 18.4. The van der Waals surface area contributed by atoms with Crippen molar-refractivity contribution in [3.63, 3.8) is 0 Å². The van der Waals surface area contributed by atoms with Crippen molar-refractivity contribution in [2.24, 2.45) is 0 Å². The summed E-state index contributed by atoms with van der Waals surface area (Å²) in [7, 11) is 1.61. The Morgan fingerprint density at radius 3 is 2.86 bits per heavy atom. The molecular weight excluding hydrogens is 378 g/mol. The summed E-state index contributed by atoms with van der Waals surface area (Å²) in [6.45, 7) is 2.63. The first-order chi connectivity index (χ1) is 13.5. The van der Waals surface area contributed by atoms with Crippen LogP contribution in [0.3, 0.4) is 0 Å². The Balaban J connectivity index is 1.92. The quantitative estimate of drug-likeness (QED) is 0.668. The Kier molecular flexibility index (Phi) is 4.73. The van der Waals surface area contributed by atoms with Crippen LogP contribution < -0.4 is 4.74 Å². The van der Waals surface area contributed by atoms with E-state index in [1.54, 1.807) is 19.2 Å². The number of rotatable bonds is 5. The minimum atomic E-state index is -0.329. The number of nitrogens with zero attached hydrogens (tertiary/aromatic N) is 2. The Bertz CT molecular complexity index is 1050. The molecule has 0 radical (unpaired) electrons. The average Bonchev–Trinajstić information content (AvgIpc) is 3.24. The number of halogens is 1. The fourth-order valence-electron chi connectivity index (χ4n) is 3.73. The van der Waals surface area contributed by atoms with Crippen LogP contribution in [-0.2, 0) is 0 Å². The van der Waals surface area contributed by atoms with Gasteiger partial charge in [0.25, 0.3) is 5.91 Å². The van der Waals surface area contributed by atoms with E-state index >= 15 is 0 Å². The number of aromatic amines is 1. The van der Waals surface area contributed by atoms with Crippen molar-refractivity contribution >= 4 is 17.5 Å². The maximum Gasteiger partial charge on any atom is 0.273 e. The van der Waals surface area contributed by atoms with Crippen LogP contribution in [0, 0.1) is 0 Å². The maximum atomic E-state index is 13.1. The van der Waals surface area contributed by atoms with E-state index in [9.17, 15) is 9.90 Å². The number of aromatic nitrogens is 2. The summed E-state index contributed by atoms with van der Waals surface area (Å²) < 4.78 is 5.37. The van der Waals surface area contributed by atoms with E-state index in [1.807, 2.05) is 36.1 Å². The van der Waals surface area contributed by atoms with Gasteiger partial charge in [-0.15, -0.1) is 0 Å². The standard InChI is InChI=1S/C21H20ClN3O3/c1-3-9-25-20(12-5-4-6-14(10-12)28-2)17-18(23-24-19(17)21(25)27)15-11-13(22)7-8-16(15)26/h4-8,10-11,20,26H,3,9H2,1-2H3,(H,23,24). The van der Waals surface area contributed by atoms with Crippen LogP contribution in [0.2, 0.25) is 5.02 Å². The molecule has 1 aromatic heterocycles. The number of H-pyrrole nitrogens is 1. The third-order valence-electron chi connectivity index (χ3n) is 4.95. The van der Waals surface area contributed by atoms with Crippen LogP contribution >= 0.6 is 11.6 Å². The van der Waals surface area contributed by atoms with Crippen molar-refractivity contribution in [3.05, 3.63) is 64.3 Å². The molecule has 0 bridgehead atoms. The van der Waals surface area contributed by atoms with Gasteiger partial charge in [0, 0.05) is 22.7 Å². The first-order valence-corrected chi connectivity index (χ1v) is 9.45. The molecule has 1 unspecified atom stereocenters. The summed E-state index contributed by atoms with van der Waals surface area (Å²) in [4.78, 5) is 14.9. The number of amides is 1. The molecule has 2 N–H and O–H groups in total. The monoisotopic (exact) mass is 397 g/mol. The highest BCUT2D eigenvalue weighted by atomic mass is 35.5. The van der Waals surface area contributed by atoms with Gasteiger partial charge in [-0.1, -0.05) is 30.7 Å². The molecule has 4 rings (SSSR count). The van der Waals surface area contributed by atoms with E-state index in [1.165, 1.54) is 6.07 Å². The number of fused-ring (bicyclic) bond motifs is 1. The number of carbonyl (C=O) groups is 1. The second-order valence-electron chi connectivity index (χ2n) is 6.70. The number of phenols is 1. The number of carbonyl (C=O) groups excluding carboxylic acids is 1. The van der Waals surface area contributed by atoms with Gasteiger partial charge in [0.05, 0.1) is 13.2 Å². The van der Waals surface area contributed by atoms with E-state index in [0.29, 0.717) is 34.3 Å². The Hall–Kier alpha value is -2.99. The van der Waals surface area contributed by atoms with Gasteiger partial charge in [0.2, 0.25) is 0 Å². The number of ether oxygens (including phenoxy) is 1. The largest absolute Gasteiger partial charge is 0.507 e. The number of hydrogen-bond donors (Lipinski definition) is 2. The van der Waals surface area contributed by atoms with Gasteiger partial charge in [-0.05, 0) is 42.3 Å². The molecule has 7 heteroatoms. The highest BCUT2D eigenvalue weighted by Crippen LogP contribution is 2.45. The summed E-state index contributed by atoms with van der Waals surface area (Å²) in [5.41, 5.74) is 3.11. The van der Waals surface area contributed by atoms with E-state index in [4.69, 9.17) is 16.3 Å². The fraction of sp³-hybridized carbons (Fsp3) is 0.238. The number of phenolic OH excluding ortho intramolecular Hbond substituents is 1. The van der Waals surface area contributed by atoms with Crippen molar-refractivity contribution in [2.75, 3.05) is 13.7 Å². The van der Waals surface area contributed by atoms with Crippen molar-refractivity contribution < 1.29 is 14.6 Å². The molecule has 0 fully saturated rings. The van der Waals surface area contributed by atoms with E-state index in [0.717, 1.165) is 17.5 Å². The molecule has 1 amide bonds. The predicted molar refractivity (Wildman–Crippen MR) is 107 cm³/mol. The summed E-state index contributed by atoms with van der Waals surface area (Å²) in [5, 5.41) is 18.1. The zero-order valence-corrected chi connectivity index (χ0v) is 16.3. The molecule has 6 nitrogen and oxygen atoms in total. The van der Waals surface area contributed by atoms with Crippen LogP contribution in [0.1, 0.15) is 41.0 Å². The lowest BCUT2D eigenvalue weighted by molar-refractivity contribution is 0.0744. The van der Waals surface area contributed by atoms with Crippen LogP contribution in [0.5, 0.6) is 11.5 Å². The topological polar surface area (TPSA) is 78.5 Å². The van der Waals surface area contributed by atoms with Gasteiger partial charge >= 0.3 is 0 Å². The molecule has 2 heterocycles. The first-order valence-electron chi connectivity index (χ1n) is 9.07. The van der Waals surface area contributed by atoms with E-state index in [2.05, 4.69) is 10.2 Å². The summed E-state index contributed by atoms with van der Waals surface area (Å²) >= 11 is 6.14. The number of hydrogen-bond acceptors (Lipinski definition) is 4. The molecular formula is C21H20ClN3O3. The third kappa shape index (κ3) is 2.90. The number of benzene rings is 2. The van der Waals surface area contributed by atoms with E-state index < -0.39 is 0 Å². The smallest absolute Gasteiger partial charge is 0.273 e. The zero-order valence-electron chi connectivity index (χ0n) is 15.6. The third-order valence-corrected chi connectivity index (χ3v) is 5.19. The molecule has 2 aromatic carbocycles. The molecule has 1 aliphatic rings.